The normalized spacial score (nSPS) is 27.8. The fourth-order valence-electron chi connectivity index (χ4n) is 3.34. The summed E-state index contributed by atoms with van der Waals surface area (Å²) < 4.78 is 27.2. The van der Waals surface area contributed by atoms with Crippen molar-refractivity contribution >= 4 is 0 Å². The number of hydrogen-bond donors (Lipinski definition) is 1. The van der Waals surface area contributed by atoms with Crippen molar-refractivity contribution in [2.75, 3.05) is 0 Å². The molecule has 0 spiro atoms. The Hall–Kier alpha value is -0.960. The van der Waals surface area contributed by atoms with Crippen molar-refractivity contribution < 1.29 is 13.9 Å². The number of benzene rings is 1. The van der Waals surface area contributed by atoms with Crippen molar-refractivity contribution in [2.24, 2.45) is 11.8 Å². The van der Waals surface area contributed by atoms with Crippen molar-refractivity contribution in [1.82, 2.24) is 0 Å². The summed E-state index contributed by atoms with van der Waals surface area (Å²) in [4.78, 5) is 0. The van der Waals surface area contributed by atoms with E-state index in [1.807, 2.05) is 0 Å². The number of halogens is 2. The SMILES string of the molecule is CC(C)CC1CCCC(O)(c2cccc(F)c2F)C1. The zero-order chi connectivity index (χ0) is 14.0. The summed E-state index contributed by atoms with van der Waals surface area (Å²) >= 11 is 0. The van der Waals surface area contributed by atoms with E-state index in [1.165, 1.54) is 12.1 Å². The third-order valence-corrected chi connectivity index (χ3v) is 4.09. The predicted molar refractivity (Wildman–Crippen MR) is 71.7 cm³/mol. The zero-order valence-electron chi connectivity index (χ0n) is 11.6. The Balaban J connectivity index is 2.24. The molecular weight excluding hydrogens is 246 g/mol. The largest absolute Gasteiger partial charge is 0.385 e. The molecule has 2 rings (SSSR count). The first-order valence-electron chi connectivity index (χ1n) is 7.09. The molecule has 0 radical (unpaired) electrons. The topological polar surface area (TPSA) is 20.2 Å². The highest BCUT2D eigenvalue weighted by Crippen LogP contribution is 2.43. The Labute approximate surface area is 113 Å². The summed E-state index contributed by atoms with van der Waals surface area (Å²) in [6.45, 7) is 4.30. The van der Waals surface area contributed by atoms with Crippen molar-refractivity contribution in [2.45, 2.75) is 51.6 Å². The summed E-state index contributed by atoms with van der Waals surface area (Å²) in [7, 11) is 0. The maximum Gasteiger partial charge on any atom is 0.164 e. The lowest BCUT2D eigenvalue weighted by Crippen LogP contribution is -2.34. The van der Waals surface area contributed by atoms with Gasteiger partial charge in [0.2, 0.25) is 0 Å². The van der Waals surface area contributed by atoms with Crippen LogP contribution in [0.5, 0.6) is 0 Å². The fraction of sp³-hybridized carbons (Fsp3) is 0.625. The van der Waals surface area contributed by atoms with E-state index in [0.717, 1.165) is 25.3 Å². The van der Waals surface area contributed by atoms with Gasteiger partial charge in [0.05, 0.1) is 5.60 Å². The van der Waals surface area contributed by atoms with Gasteiger partial charge in [0, 0.05) is 5.56 Å². The van der Waals surface area contributed by atoms with Gasteiger partial charge in [-0.25, -0.2) is 8.78 Å². The summed E-state index contributed by atoms with van der Waals surface area (Å²) in [5, 5.41) is 10.7. The molecule has 1 fully saturated rings. The Morgan fingerprint density at radius 3 is 2.79 bits per heavy atom. The molecule has 0 amide bonds. The number of rotatable bonds is 3. The lowest BCUT2D eigenvalue weighted by molar-refractivity contribution is -0.0276. The minimum Gasteiger partial charge on any atom is -0.385 e. The molecule has 1 aromatic rings. The van der Waals surface area contributed by atoms with Crippen LogP contribution in [-0.2, 0) is 5.60 Å². The highest BCUT2D eigenvalue weighted by molar-refractivity contribution is 5.26. The van der Waals surface area contributed by atoms with Crippen LogP contribution >= 0.6 is 0 Å². The van der Waals surface area contributed by atoms with E-state index in [1.54, 1.807) is 0 Å². The standard InChI is InChI=1S/C16H22F2O/c1-11(2)9-12-5-4-8-16(19,10-12)13-6-3-7-14(17)15(13)18/h3,6-7,11-12,19H,4-5,8-10H2,1-2H3. The van der Waals surface area contributed by atoms with Gasteiger partial charge in [-0.2, -0.15) is 0 Å². The maximum atomic E-state index is 13.9. The van der Waals surface area contributed by atoms with Crippen molar-refractivity contribution in [1.29, 1.82) is 0 Å². The highest BCUT2D eigenvalue weighted by atomic mass is 19.2. The Morgan fingerprint density at radius 1 is 1.37 bits per heavy atom. The van der Waals surface area contributed by atoms with Crippen LogP contribution in [-0.4, -0.2) is 5.11 Å². The second-order valence-corrected chi connectivity index (χ2v) is 6.22. The monoisotopic (exact) mass is 268 g/mol. The van der Waals surface area contributed by atoms with Crippen molar-refractivity contribution in [3.05, 3.63) is 35.4 Å². The quantitative estimate of drug-likeness (QED) is 0.862. The maximum absolute atomic E-state index is 13.9. The molecule has 3 heteroatoms. The Kier molecular flexibility index (Phi) is 4.24. The van der Waals surface area contributed by atoms with Crippen molar-refractivity contribution in [3.8, 4) is 0 Å². The average Bonchev–Trinajstić information content (AvgIpc) is 2.31. The van der Waals surface area contributed by atoms with Crippen LogP contribution in [0.25, 0.3) is 0 Å². The average molecular weight is 268 g/mol. The van der Waals surface area contributed by atoms with Gasteiger partial charge in [0.1, 0.15) is 0 Å². The van der Waals surface area contributed by atoms with E-state index in [-0.39, 0.29) is 5.56 Å². The van der Waals surface area contributed by atoms with Crippen LogP contribution in [0.4, 0.5) is 8.78 Å². The van der Waals surface area contributed by atoms with E-state index >= 15 is 0 Å². The van der Waals surface area contributed by atoms with Gasteiger partial charge in [0.25, 0.3) is 0 Å². The minimum absolute atomic E-state index is 0.126. The summed E-state index contributed by atoms with van der Waals surface area (Å²) in [5.74, 6) is -0.821. The highest BCUT2D eigenvalue weighted by Gasteiger charge is 2.38. The first-order chi connectivity index (χ1) is 8.92. The molecule has 2 atom stereocenters. The summed E-state index contributed by atoms with van der Waals surface area (Å²) in [6, 6.07) is 4.07. The molecule has 106 valence electrons. The molecule has 1 nitrogen and oxygen atoms in total. The van der Waals surface area contributed by atoms with Gasteiger partial charge in [-0.1, -0.05) is 32.4 Å². The lowest BCUT2D eigenvalue weighted by Gasteiger charge is -2.38. The van der Waals surface area contributed by atoms with E-state index in [4.69, 9.17) is 0 Å². The van der Waals surface area contributed by atoms with Crippen LogP contribution < -0.4 is 0 Å². The van der Waals surface area contributed by atoms with Crippen LogP contribution in [0.3, 0.4) is 0 Å². The molecule has 0 bridgehead atoms. The van der Waals surface area contributed by atoms with Crippen molar-refractivity contribution in [3.63, 3.8) is 0 Å². The molecule has 0 aliphatic heterocycles. The molecule has 1 N–H and O–H groups in total. The molecule has 19 heavy (non-hydrogen) atoms. The van der Waals surface area contributed by atoms with E-state index in [0.29, 0.717) is 24.7 Å². The van der Waals surface area contributed by atoms with Gasteiger partial charge in [-0.15, -0.1) is 0 Å². The molecule has 1 aromatic carbocycles. The molecular formula is C16H22F2O. The zero-order valence-corrected chi connectivity index (χ0v) is 11.6. The van der Waals surface area contributed by atoms with Gasteiger partial charge in [-0.3, -0.25) is 0 Å². The molecule has 1 aliphatic rings. The van der Waals surface area contributed by atoms with E-state index < -0.39 is 17.2 Å². The Bertz CT molecular complexity index is 444. The van der Waals surface area contributed by atoms with E-state index in [9.17, 15) is 13.9 Å². The molecule has 2 unspecified atom stereocenters. The predicted octanol–water partition coefficient (Wildman–Crippen LogP) is 4.39. The van der Waals surface area contributed by atoms with Crippen LogP contribution in [0.2, 0.25) is 0 Å². The molecule has 1 saturated carbocycles. The second kappa shape index (κ2) is 5.58. The third kappa shape index (κ3) is 3.14. The van der Waals surface area contributed by atoms with Crippen LogP contribution in [0, 0.1) is 23.5 Å². The first-order valence-corrected chi connectivity index (χ1v) is 7.09. The lowest BCUT2D eigenvalue weighted by atomic mass is 9.72. The van der Waals surface area contributed by atoms with Crippen LogP contribution in [0.15, 0.2) is 18.2 Å². The summed E-state index contributed by atoms with van der Waals surface area (Å²) in [5.41, 5.74) is -1.08. The fourth-order valence-corrected chi connectivity index (χ4v) is 3.34. The molecule has 1 aliphatic carbocycles. The van der Waals surface area contributed by atoms with Gasteiger partial charge in [0.15, 0.2) is 11.6 Å². The second-order valence-electron chi connectivity index (χ2n) is 6.22. The van der Waals surface area contributed by atoms with Gasteiger partial charge in [-0.05, 0) is 43.6 Å². The van der Waals surface area contributed by atoms with Gasteiger partial charge >= 0.3 is 0 Å². The minimum atomic E-state index is -1.20. The number of aliphatic hydroxyl groups is 1. The first kappa shape index (κ1) is 14.4. The molecule has 0 heterocycles. The Morgan fingerprint density at radius 2 is 2.11 bits per heavy atom. The molecule has 0 aromatic heterocycles. The third-order valence-electron chi connectivity index (χ3n) is 4.09. The molecule has 0 saturated heterocycles. The smallest absolute Gasteiger partial charge is 0.164 e. The van der Waals surface area contributed by atoms with E-state index in [2.05, 4.69) is 13.8 Å². The van der Waals surface area contributed by atoms with Gasteiger partial charge < -0.3 is 5.11 Å². The summed E-state index contributed by atoms with van der Waals surface area (Å²) in [6.07, 6.45) is 4.01. The van der Waals surface area contributed by atoms with Crippen LogP contribution in [0.1, 0.15) is 51.5 Å². The number of hydrogen-bond acceptors (Lipinski definition) is 1.